The number of nitrogens with zero attached hydrogens (tertiary/aromatic N) is 2. The van der Waals surface area contributed by atoms with Crippen LogP contribution in [0.4, 0.5) is 5.82 Å². The van der Waals surface area contributed by atoms with Crippen molar-refractivity contribution in [2.75, 3.05) is 38.2 Å². The number of carbonyl (C=O) groups is 1. The van der Waals surface area contributed by atoms with Crippen LogP contribution in [0.3, 0.4) is 0 Å². The van der Waals surface area contributed by atoms with E-state index in [-0.39, 0.29) is 5.91 Å². The number of rotatable bonds is 2. The van der Waals surface area contributed by atoms with Crippen LogP contribution in [-0.4, -0.2) is 48.6 Å². The summed E-state index contributed by atoms with van der Waals surface area (Å²) >= 11 is 0. The Kier molecular flexibility index (Phi) is 3.71. The van der Waals surface area contributed by atoms with Crippen LogP contribution >= 0.6 is 0 Å². The Hall–Kier alpha value is -2.40. The Bertz CT molecular complexity index is 722. The van der Waals surface area contributed by atoms with E-state index in [1.807, 2.05) is 35.4 Å². The number of amides is 1. The van der Waals surface area contributed by atoms with Gasteiger partial charge in [-0.05, 0) is 35.7 Å². The van der Waals surface area contributed by atoms with Crippen molar-refractivity contribution >= 4 is 11.7 Å². The van der Waals surface area contributed by atoms with Crippen molar-refractivity contribution in [3.63, 3.8) is 0 Å². The molecule has 1 fully saturated rings. The summed E-state index contributed by atoms with van der Waals surface area (Å²) < 4.78 is 5.29. The molecule has 5 heteroatoms. The number of hydrogen-bond donors (Lipinski definition) is 1. The van der Waals surface area contributed by atoms with Gasteiger partial charge < -0.3 is 15.0 Å². The second kappa shape index (κ2) is 6.01. The molecule has 1 aromatic carbocycles. The number of anilines is 1. The van der Waals surface area contributed by atoms with Gasteiger partial charge in [-0.25, -0.2) is 4.98 Å². The number of pyridine rings is 1. The van der Waals surface area contributed by atoms with Crippen molar-refractivity contribution in [3.8, 4) is 11.1 Å². The molecule has 4 rings (SSSR count). The fraction of sp³-hybridized carbons (Fsp3) is 0.333. The maximum absolute atomic E-state index is 12.5. The largest absolute Gasteiger partial charge is 0.378 e. The molecule has 1 saturated heterocycles. The Labute approximate surface area is 135 Å². The molecule has 2 aliphatic heterocycles. The zero-order valence-corrected chi connectivity index (χ0v) is 12.9. The van der Waals surface area contributed by atoms with E-state index in [2.05, 4.69) is 16.4 Å². The first-order valence-corrected chi connectivity index (χ1v) is 8.01. The van der Waals surface area contributed by atoms with Gasteiger partial charge in [-0.1, -0.05) is 12.1 Å². The Morgan fingerprint density at radius 2 is 1.91 bits per heavy atom. The van der Waals surface area contributed by atoms with Crippen LogP contribution in [0.5, 0.6) is 0 Å². The molecule has 2 aliphatic rings. The van der Waals surface area contributed by atoms with Gasteiger partial charge in [-0.2, -0.15) is 0 Å². The molecule has 1 amide bonds. The fourth-order valence-corrected chi connectivity index (χ4v) is 3.09. The number of aromatic nitrogens is 1. The highest BCUT2D eigenvalue weighted by Gasteiger charge is 2.18. The first-order chi connectivity index (χ1) is 11.3. The second-order valence-electron chi connectivity index (χ2n) is 5.89. The minimum absolute atomic E-state index is 0.0797. The normalized spacial score (nSPS) is 16.8. The minimum atomic E-state index is 0.0797. The number of fused-ring (bicyclic) bond motifs is 1. The quantitative estimate of drug-likeness (QED) is 0.924. The van der Waals surface area contributed by atoms with Gasteiger partial charge in [0.2, 0.25) is 0 Å². The molecule has 0 radical (unpaired) electrons. The summed E-state index contributed by atoms with van der Waals surface area (Å²) in [6.07, 6.45) is 2.90. The number of carbonyl (C=O) groups excluding carboxylic acids is 1. The maximum Gasteiger partial charge on any atom is 0.254 e. The highest BCUT2D eigenvalue weighted by Crippen LogP contribution is 2.26. The molecule has 0 aliphatic carbocycles. The average molecular weight is 309 g/mol. The van der Waals surface area contributed by atoms with Gasteiger partial charge in [0, 0.05) is 37.0 Å². The number of ether oxygens (including phenoxy) is 1. The third-order valence-corrected chi connectivity index (χ3v) is 4.42. The molecule has 2 aromatic rings. The van der Waals surface area contributed by atoms with E-state index in [1.54, 1.807) is 0 Å². The molecular formula is C18H19N3O2. The first kappa shape index (κ1) is 14.2. The van der Waals surface area contributed by atoms with Gasteiger partial charge in [0.05, 0.1) is 13.2 Å². The summed E-state index contributed by atoms with van der Waals surface area (Å²) in [5.74, 6) is 1.07. The van der Waals surface area contributed by atoms with Gasteiger partial charge in [-0.15, -0.1) is 0 Å². The molecule has 0 saturated carbocycles. The Morgan fingerprint density at radius 1 is 1.13 bits per heavy atom. The van der Waals surface area contributed by atoms with Crippen molar-refractivity contribution in [2.24, 2.45) is 0 Å². The standard InChI is InChI=1S/C18H19N3O2/c22-18(21-7-9-23-10-8-21)14-3-1-13(2-4-14)16-11-15-5-6-19-17(15)20-12-16/h1-4,11-12H,5-10H2,(H,19,20). The number of morpholine rings is 1. The average Bonchev–Trinajstić information content (AvgIpc) is 3.10. The van der Waals surface area contributed by atoms with Crippen molar-refractivity contribution in [3.05, 3.63) is 47.7 Å². The van der Waals surface area contributed by atoms with E-state index in [9.17, 15) is 4.79 Å². The lowest BCUT2D eigenvalue weighted by Crippen LogP contribution is -2.40. The predicted molar refractivity (Wildman–Crippen MR) is 88.6 cm³/mol. The lowest BCUT2D eigenvalue weighted by Gasteiger charge is -2.26. The summed E-state index contributed by atoms with van der Waals surface area (Å²) in [6, 6.07) is 9.98. The zero-order chi connectivity index (χ0) is 15.6. The second-order valence-corrected chi connectivity index (χ2v) is 5.89. The maximum atomic E-state index is 12.5. The Morgan fingerprint density at radius 3 is 2.70 bits per heavy atom. The zero-order valence-electron chi connectivity index (χ0n) is 12.9. The third kappa shape index (κ3) is 2.80. The number of hydrogen-bond acceptors (Lipinski definition) is 4. The third-order valence-electron chi connectivity index (χ3n) is 4.42. The van der Waals surface area contributed by atoms with Crippen molar-refractivity contribution in [2.45, 2.75) is 6.42 Å². The summed E-state index contributed by atoms with van der Waals surface area (Å²) in [5.41, 5.74) is 4.17. The van der Waals surface area contributed by atoms with Crippen LogP contribution in [0.1, 0.15) is 15.9 Å². The topological polar surface area (TPSA) is 54.5 Å². The number of nitrogens with one attached hydrogen (secondary N) is 1. The molecule has 5 nitrogen and oxygen atoms in total. The lowest BCUT2D eigenvalue weighted by atomic mass is 10.0. The molecule has 1 N–H and O–H groups in total. The van der Waals surface area contributed by atoms with E-state index in [0.717, 1.165) is 35.5 Å². The van der Waals surface area contributed by atoms with Crippen LogP contribution in [0.15, 0.2) is 36.5 Å². The van der Waals surface area contributed by atoms with Gasteiger partial charge in [0.25, 0.3) is 5.91 Å². The molecule has 23 heavy (non-hydrogen) atoms. The summed E-state index contributed by atoms with van der Waals surface area (Å²) in [7, 11) is 0. The number of benzene rings is 1. The molecule has 0 spiro atoms. The van der Waals surface area contributed by atoms with Gasteiger partial charge >= 0.3 is 0 Å². The highest BCUT2D eigenvalue weighted by atomic mass is 16.5. The molecule has 118 valence electrons. The van der Waals surface area contributed by atoms with Crippen LogP contribution < -0.4 is 5.32 Å². The molecule has 0 atom stereocenters. The van der Waals surface area contributed by atoms with Crippen LogP contribution in [0.2, 0.25) is 0 Å². The SMILES string of the molecule is O=C(c1ccc(-c2cnc3c(c2)CCN3)cc1)N1CCOCC1. The lowest BCUT2D eigenvalue weighted by molar-refractivity contribution is 0.0303. The van der Waals surface area contributed by atoms with Crippen molar-refractivity contribution in [1.82, 2.24) is 9.88 Å². The minimum Gasteiger partial charge on any atom is -0.378 e. The van der Waals surface area contributed by atoms with Crippen molar-refractivity contribution in [1.29, 1.82) is 0 Å². The van der Waals surface area contributed by atoms with Gasteiger partial charge in [0.1, 0.15) is 5.82 Å². The van der Waals surface area contributed by atoms with E-state index in [4.69, 9.17) is 4.74 Å². The molecule has 1 aromatic heterocycles. The van der Waals surface area contributed by atoms with E-state index >= 15 is 0 Å². The molecule has 0 bridgehead atoms. The van der Waals surface area contributed by atoms with Crippen LogP contribution in [-0.2, 0) is 11.2 Å². The Balaban J connectivity index is 1.54. The van der Waals surface area contributed by atoms with E-state index in [0.29, 0.717) is 26.3 Å². The van der Waals surface area contributed by atoms with Gasteiger partial charge in [-0.3, -0.25) is 4.79 Å². The summed E-state index contributed by atoms with van der Waals surface area (Å²) in [5, 5.41) is 3.27. The van der Waals surface area contributed by atoms with Crippen LogP contribution in [0, 0.1) is 0 Å². The van der Waals surface area contributed by atoms with E-state index in [1.165, 1.54) is 5.56 Å². The van der Waals surface area contributed by atoms with Crippen molar-refractivity contribution < 1.29 is 9.53 Å². The molecule has 0 unspecified atom stereocenters. The summed E-state index contributed by atoms with van der Waals surface area (Å²) in [4.78, 5) is 18.8. The predicted octanol–water partition coefficient (Wildman–Crippen LogP) is 2.19. The summed E-state index contributed by atoms with van der Waals surface area (Å²) in [6.45, 7) is 3.54. The first-order valence-electron chi connectivity index (χ1n) is 8.01. The van der Waals surface area contributed by atoms with E-state index < -0.39 is 0 Å². The van der Waals surface area contributed by atoms with Crippen LogP contribution in [0.25, 0.3) is 11.1 Å². The van der Waals surface area contributed by atoms with Gasteiger partial charge in [0.15, 0.2) is 0 Å². The smallest absolute Gasteiger partial charge is 0.254 e. The molecule has 3 heterocycles. The monoisotopic (exact) mass is 309 g/mol. The fourth-order valence-electron chi connectivity index (χ4n) is 3.09. The highest BCUT2D eigenvalue weighted by molar-refractivity contribution is 5.94. The molecular weight excluding hydrogens is 290 g/mol.